The Morgan fingerprint density at radius 1 is 1.10 bits per heavy atom. The molecular weight excluding hydrogens is 402 g/mol. The molecule has 1 heterocycles. The predicted octanol–water partition coefficient (Wildman–Crippen LogP) is 3.69. The van der Waals surface area contributed by atoms with Crippen LogP contribution < -0.4 is 10.0 Å². The molecule has 0 fully saturated rings. The number of rotatable bonds is 5. The van der Waals surface area contributed by atoms with Gasteiger partial charge in [-0.15, -0.1) is 0 Å². The molecule has 0 spiro atoms. The monoisotopic (exact) mass is 423 g/mol. The first-order valence-electron chi connectivity index (χ1n) is 9.22. The van der Waals surface area contributed by atoms with Crippen LogP contribution in [-0.2, 0) is 10.0 Å². The lowest BCUT2D eigenvalue weighted by molar-refractivity contribution is 0.256. The van der Waals surface area contributed by atoms with Gasteiger partial charge in [-0.2, -0.15) is 10.4 Å². The maximum Gasteiger partial charge on any atom is 0.334 e. The van der Waals surface area contributed by atoms with Gasteiger partial charge in [0.15, 0.2) is 5.82 Å². The number of carbonyl (C=O) groups excluding carboxylic acids is 1. The molecule has 8 nitrogen and oxygen atoms in total. The van der Waals surface area contributed by atoms with E-state index in [2.05, 4.69) is 10.4 Å². The number of hydrogen-bond acceptors (Lipinski definition) is 5. The Morgan fingerprint density at radius 3 is 2.30 bits per heavy atom. The van der Waals surface area contributed by atoms with Crippen LogP contribution >= 0.6 is 0 Å². The molecule has 30 heavy (non-hydrogen) atoms. The van der Waals surface area contributed by atoms with E-state index in [9.17, 15) is 18.5 Å². The Balaban J connectivity index is 1.87. The molecular formula is C21H21N5O3S. The minimum Gasteiger partial charge on any atom is -0.290 e. The molecule has 2 amide bonds. The fraction of sp³-hybridized carbons (Fsp3) is 0.190. The Morgan fingerprint density at radius 2 is 1.73 bits per heavy atom. The number of aromatic nitrogens is 2. The summed E-state index contributed by atoms with van der Waals surface area (Å²) in [6.07, 6.45) is 0. The highest BCUT2D eigenvalue weighted by Gasteiger charge is 2.22. The van der Waals surface area contributed by atoms with Crippen molar-refractivity contribution in [1.29, 1.82) is 5.26 Å². The van der Waals surface area contributed by atoms with Crippen molar-refractivity contribution >= 4 is 21.9 Å². The molecule has 0 aliphatic carbocycles. The number of anilines is 1. The molecule has 0 atom stereocenters. The third kappa shape index (κ3) is 4.34. The number of carbonyl (C=O) groups is 1. The summed E-state index contributed by atoms with van der Waals surface area (Å²) in [7, 11) is -4.09. The van der Waals surface area contributed by atoms with Crippen LogP contribution in [0.15, 0.2) is 59.5 Å². The van der Waals surface area contributed by atoms with Gasteiger partial charge in [0.1, 0.15) is 11.6 Å². The number of aryl methyl sites for hydroxylation is 1. The number of sulfonamides is 1. The fourth-order valence-corrected chi connectivity index (χ4v) is 3.79. The third-order valence-electron chi connectivity index (χ3n) is 4.49. The van der Waals surface area contributed by atoms with Crippen molar-refractivity contribution in [3.8, 4) is 11.8 Å². The number of hydrogen-bond donors (Lipinski definition) is 2. The molecule has 0 aliphatic rings. The van der Waals surface area contributed by atoms with Gasteiger partial charge >= 0.3 is 6.03 Å². The molecule has 0 saturated carbocycles. The molecule has 0 bridgehead atoms. The standard InChI is InChI=1S/C21H21N5O3S/c1-14(2)16-9-11-18(12-10-16)30(28,29)25-21(27)23-20-19(13-22)15(3)24-26(20)17-7-5-4-6-8-17/h4-12,14H,1-3H3,(H2,23,25,27). The van der Waals surface area contributed by atoms with Crippen LogP contribution in [0.1, 0.15) is 36.6 Å². The lowest BCUT2D eigenvalue weighted by atomic mass is 10.0. The Labute approximate surface area is 175 Å². The predicted molar refractivity (Wildman–Crippen MR) is 113 cm³/mol. The highest BCUT2D eigenvalue weighted by Crippen LogP contribution is 2.23. The van der Waals surface area contributed by atoms with E-state index < -0.39 is 16.1 Å². The van der Waals surface area contributed by atoms with Crippen molar-refractivity contribution in [3.05, 3.63) is 71.4 Å². The van der Waals surface area contributed by atoms with Crippen molar-refractivity contribution in [2.24, 2.45) is 0 Å². The maximum absolute atomic E-state index is 12.6. The van der Waals surface area contributed by atoms with E-state index in [1.807, 2.05) is 30.7 Å². The van der Waals surface area contributed by atoms with E-state index in [0.29, 0.717) is 11.4 Å². The molecule has 0 unspecified atom stereocenters. The van der Waals surface area contributed by atoms with E-state index >= 15 is 0 Å². The lowest BCUT2D eigenvalue weighted by Gasteiger charge is -2.12. The highest BCUT2D eigenvalue weighted by atomic mass is 32.2. The van der Waals surface area contributed by atoms with Gasteiger partial charge < -0.3 is 0 Å². The second-order valence-corrected chi connectivity index (χ2v) is 8.63. The summed E-state index contributed by atoms with van der Waals surface area (Å²) in [4.78, 5) is 12.5. The topological polar surface area (TPSA) is 117 Å². The molecule has 154 valence electrons. The number of para-hydroxylation sites is 1. The van der Waals surface area contributed by atoms with Gasteiger partial charge in [0.25, 0.3) is 10.0 Å². The summed E-state index contributed by atoms with van der Waals surface area (Å²) in [5.74, 6) is 0.341. The van der Waals surface area contributed by atoms with Gasteiger partial charge in [-0.3, -0.25) is 5.32 Å². The van der Waals surface area contributed by atoms with Crippen LogP contribution in [0.5, 0.6) is 0 Å². The van der Waals surface area contributed by atoms with Crippen molar-refractivity contribution in [2.75, 3.05) is 5.32 Å². The number of nitrogens with one attached hydrogen (secondary N) is 2. The molecule has 0 saturated heterocycles. The van der Waals surface area contributed by atoms with Gasteiger partial charge in [0.05, 0.1) is 16.3 Å². The van der Waals surface area contributed by atoms with Gasteiger partial charge in [0.2, 0.25) is 0 Å². The lowest BCUT2D eigenvalue weighted by Crippen LogP contribution is -2.35. The van der Waals surface area contributed by atoms with Gasteiger partial charge in [-0.1, -0.05) is 44.2 Å². The van der Waals surface area contributed by atoms with E-state index in [4.69, 9.17) is 0 Å². The first kappa shape index (κ1) is 21.1. The number of benzene rings is 2. The van der Waals surface area contributed by atoms with Crippen LogP contribution in [0.2, 0.25) is 0 Å². The molecule has 3 aromatic rings. The van der Waals surface area contributed by atoms with Crippen LogP contribution in [0.3, 0.4) is 0 Å². The molecule has 0 aliphatic heterocycles. The van der Waals surface area contributed by atoms with Crippen molar-refractivity contribution in [2.45, 2.75) is 31.6 Å². The minimum atomic E-state index is -4.09. The zero-order valence-electron chi connectivity index (χ0n) is 16.7. The largest absolute Gasteiger partial charge is 0.334 e. The number of urea groups is 1. The summed E-state index contributed by atoms with van der Waals surface area (Å²) in [5, 5.41) is 16.2. The molecule has 0 radical (unpaired) electrons. The van der Waals surface area contributed by atoms with Crippen LogP contribution in [-0.4, -0.2) is 24.2 Å². The molecule has 1 aromatic heterocycles. The first-order chi connectivity index (χ1) is 14.2. The SMILES string of the molecule is Cc1nn(-c2ccccc2)c(NC(=O)NS(=O)(=O)c2ccc(C(C)C)cc2)c1C#N. The minimum absolute atomic E-state index is 0.0321. The van der Waals surface area contributed by atoms with E-state index in [1.54, 1.807) is 43.3 Å². The zero-order chi connectivity index (χ0) is 21.9. The molecule has 2 aromatic carbocycles. The summed E-state index contributed by atoms with van der Waals surface area (Å²) in [6, 6.07) is 16.2. The molecule has 9 heteroatoms. The maximum atomic E-state index is 12.6. The van der Waals surface area contributed by atoms with Gasteiger partial charge in [0, 0.05) is 0 Å². The quantitative estimate of drug-likeness (QED) is 0.649. The van der Waals surface area contributed by atoms with Gasteiger partial charge in [-0.25, -0.2) is 22.6 Å². The average Bonchev–Trinajstić information content (AvgIpc) is 3.03. The smallest absolute Gasteiger partial charge is 0.290 e. The van der Waals surface area contributed by atoms with Crippen molar-refractivity contribution in [1.82, 2.24) is 14.5 Å². The Kier molecular flexibility index (Phi) is 5.89. The van der Waals surface area contributed by atoms with Crippen LogP contribution in [0.25, 0.3) is 5.69 Å². The summed E-state index contributed by atoms with van der Waals surface area (Å²) in [6.45, 7) is 5.63. The third-order valence-corrected chi connectivity index (χ3v) is 5.84. The molecule has 2 N–H and O–H groups in total. The summed E-state index contributed by atoms with van der Waals surface area (Å²) < 4.78 is 28.5. The van der Waals surface area contributed by atoms with E-state index in [0.717, 1.165) is 5.56 Å². The molecule has 3 rings (SSSR count). The second kappa shape index (κ2) is 8.39. The van der Waals surface area contributed by atoms with Crippen LogP contribution in [0.4, 0.5) is 10.6 Å². The Bertz CT molecular complexity index is 1210. The van der Waals surface area contributed by atoms with Crippen molar-refractivity contribution < 1.29 is 13.2 Å². The number of amides is 2. The Hall–Kier alpha value is -3.64. The second-order valence-electron chi connectivity index (χ2n) is 6.95. The fourth-order valence-electron chi connectivity index (χ4n) is 2.88. The number of nitriles is 1. The number of nitrogens with zero attached hydrogens (tertiary/aromatic N) is 3. The van der Waals surface area contributed by atoms with E-state index in [1.165, 1.54) is 16.8 Å². The summed E-state index contributed by atoms with van der Waals surface area (Å²) in [5.41, 5.74) is 2.15. The highest BCUT2D eigenvalue weighted by molar-refractivity contribution is 7.90. The van der Waals surface area contributed by atoms with E-state index in [-0.39, 0.29) is 22.2 Å². The van der Waals surface area contributed by atoms with Crippen molar-refractivity contribution in [3.63, 3.8) is 0 Å². The summed E-state index contributed by atoms with van der Waals surface area (Å²) >= 11 is 0. The van der Waals surface area contributed by atoms with Gasteiger partial charge in [-0.05, 0) is 42.7 Å². The van der Waals surface area contributed by atoms with Crippen LogP contribution in [0, 0.1) is 18.3 Å². The normalized spacial score (nSPS) is 11.2. The average molecular weight is 423 g/mol. The first-order valence-corrected chi connectivity index (χ1v) is 10.7. The zero-order valence-corrected chi connectivity index (χ0v) is 17.6.